The highest BCUT2D eigenvalue weighted by Crippen LogP contribution is 2.17. The molecule has 0 saturated carbocycles. The highest BCUT2D eigenvalue weighted by atomic mass is 32.2. The van der Waals surface area contributed by atoms with E-state index in [0.717, 1.165) is 12.8 Å². The van der Waals surface area contributed by atoms with Gasteiger partial charge in [-0.1, -0.05) is 6.42 Å². The highest BCUT2D eigenvalue weighted by Gasteiger charge is 2.13. The van der Waals surface area contributed by atoms with E-state index in [-0.39, 0.29) is 5.75 Å². The summed E-state index contributed by atoms with van der Waals surface area (Å²) in [5.74, 6) is 0.839. The molecular formula is C12H19NO3S. The lowest BCUT2D eigenvalue weighted by atomic mass is 10.2. The maximum Gasteiger partial charge on any atom is 0.178 e. The summed E-state index contributed by atoms with van der Waals surface area (Å²) in [5, 5.41) is 0. The van der Waals surface area contributed by atoms with Gasteiger partial charge in [0.25, 0.3) is 0 Å². The van der Waals surface area contributed by atoms with Gasteiger partial charge >= 0.3 is 0 Å². The number of ether oxygens (including phenoxy) is 1. The smallest absolute Gasteiger partial charge is 0.178 e. The van der Waals surface area contributed by atoms with Gasteiger partial charge in [0, 0.05) is 0 Å². The first-order chi connectivity index (χ1) is 8.10. The summed E-state index contributed by atoms with van der Waals surface area (Å²) < 4.78 is 28.8. The standard InChI is InChI=1S/C12H19NO3S/c1-16-11-5-7-12(8-6-11)17(14,15)10-4-2-3-9-13/h5-8H,2-4,9-10,13H2,1H3. The molecule has 0 aliphatic carbocycles. The molecule has 0 radical (unpaired) electrons. The third-order valence-corrected chi connectivity index (χ3v) is 4.35. The number of nitrogens with two attached hydrogens (primary N) is 1. The van der Waals surface area contributed by atoms with Crippen molar-refractivity contribution < 1.29 is 13.2 Å². The minimum absolute atomic E-state index is 0.180. The Labute approximate surface area is 103 Å². The summed E-state index contributed by atoms with van der Waals surface area (Å²) in [4.78, 5) is 0.353. The van der Waals surface area contributed by atoms with Crippen molar-refractivity contribution >= 4 is 9.84 Å². The molecule has 5 heteroatoms. The number of hydrogen-bond donors (Lipinski definition) is 1. The largest absolute Gasteiger partial charge is 0.497 e. The van der Waals surface area contributed by atoms with Crippen LogP contribution in [0, 0.1) is 0 Å². The second-order valence-corrected chi connectivity index (χ2v) is 5.95. The van der Waals surface area contributed by atoms with E-state index >= 15 is 0 Å². The Balaban J connectivity index is 2.62. The van der Waals surface area contributed by atoms with Crippen LogP contribution in [-0.2, 0) is 9.84 Å². The molecule has 0 fully saturated rings. The Hall–Kier alpha value is -1.07. The molecule has 0 spiro atoms. The quantitative estimate of drug-likeness (QED) is 0.753. The topological polar surface area (TPSA) is 69.4 Å². The van der Waals surface area contributed by atoms with E-state index in [0.29, 0.717) is 23.6 Å². The summed E-state index contributed by atoms with van der Waals surface area (Å²) in [6.07, 6.45) is 2.38. The molecule has 0 aromatic heterocycles. The van der Waals surface area contributed by atoms with E-state index < -0.39 is 9.84 Å². The van der Waals surface area contributed by atoms with E-state index in [4.69, 9.17) is 10.5 Å². The fourth-order valence-electron chi connectivity index (χ4n) is 1.51. The van der Waals surface area contributed by atoms with Crippen LogP contribution in [0.5, 0.6) is 5.75 Å². The van der Waals surface area contributed by atoms with Gasteiger partial charge in [0.2, 0.25) is 0 Å². The lowest BCUT2D eigenvalue weighted by molar-refractivity contribution is 0.414. The van der Waals surface area contributed by atoms with Crippen molar-refractivity contribution in [3.8, 4) is 5.75 Å². The molecule has 17 heavy (non-hydrogen) atoms. The Bertz CT molecular complexity index is 426. The van der Waals surface area contributed by atoms with Crippen LogP contribution in [0.4, 0.5) is 0 Å². The molecule has 0 atom stereocenters. The first-order valence-electron chi connectivity index (χ1n) is 5.67. The average Bonchev–Trinajstić information content (AvgIpc) is 2.35. The van der Waals surface area contributed by atoms with Crippen LogP contribution in [0.3, 0.4) is 0 Å². The monoisotopic (exact) mass is 257 g/mol. The van der Waals surface area contributed by atoms with Crippen molar-refractivity contribution in [1.82, 2.24) is 0 Å². The lowest BCUT2D eigenvalue weighted by Gasteiger charge is -2.05. The summed E-state index contributed by atoms with van der Waals surface area (Å²) in [5.41, 5.74) is 5.36. The first kappa shape index (κ1) is 14.0. The SMILES string of the molecule is COc1ccc(S(=O)(=O)CCCCCN)cc1. The minimum Gasteiger partial charge on any atom is -0.497 e. The van der Waals surface area contributed by atoms with Gasteiger partial charge in [0.1, 0.15) is 5.75 Å². The van der Waals surface area contributed by atoms with Crippen LogP contribution in [0.25, 0.3) is 0 Å². The zero-order valence-electron chi connectivity index (χ0n) is 10.1. The van der Waals surface area contributed by atoms with Crippen molar-refractivity contribution in [2.45, 2.75) is 24.2 Å². The van der Waals surface area contributed by atoms with E-state index in [1.54, 1.807) is 31.4 Å². The molecule has 1 rings (SSSR count). The van der Waals surface area contributed by atoms with Crippen molar-refractivity contribution in [3.05, 3.63) is 24.3 Å². The van der Waals surface area contributed by atoms with Crippen LogP contribution in [-0.4, -0.2) is 27.8 Å². The molecule has 0 aliphatic heterocycles. The lowest BCUT2D eigenvalue weighted by Crippen LogP contribution is -2.07. The predicted molar refractivity (Wildman–Crippen MR) is 68.0 cm³/mol. The summed E-state index contributed by atoms with van der Waals surface area (Å²) >= 11 is 0. The van der Waals surface area contributed by atoms with Crippen LogP contribution >= 0.6 is 0 Å². The maximum absolute atomic E-state index is 11.9. The number of hydrogen-bond acceptors (Lipinski definition) is 4. The molecule has 0 amide bonds. The van der Waals surface area contributed by atoms with Gasteiger partial charge in [0.15, 0.2) is 9.84 Å². The minimum atomic E-state index is -3.16. The van der Waals surface area contributed by atoms with E-state index in [9.17, 15) is 8.42 Å². The molecule has 0 heterocycles. The van der Waals surface area contributed by atoms with Crippen LogP contribution in [0.1, 0.15) is 19.3 Å². The third-order valence-electron chi connectivity index (χ3n) is 2.54. The number of benzene rings is 1. The van der Waals surface area contributed by atoms with E-state index in [1.807, 2.05) is 0 Å². The predicted octanol–water partition coefficient (Wildman–Crippen LogP) is 1.60. The molecule has 96 valence electrons. The molecule has 0 bridgehead atoms. The molecule has 0 unspecified atom stereocenters. The van der Waals surface area contributed by atoms with E-state index in [2.05, 4.69) is 0 Å². The fraction of sp³-hybridized carbons (Fsp3) is 0.500. The zero-order chi connectivity index (χ0) is 12.7. The average molecular weight is 257 g/mol. The van der Waals surface area contributed by atoms with Gasteiger partial charge in [-0.2, -0.15) is 0 Å². The van der Waals surface area contributed by atoms with Gasteiger partial charge in [-0.3, -0.25) is 0 Å². The van der Waals surface area contributed by atoms with Crippen LogP contribution in [0.2, 0.25) is 0 Å². The van der Waals surface area contributed by atoms with Crippen LogP contribution in [0.15, 0.2) is 29.2 Å². The molecular weight excluding hydrogens is 238 g/mol. The highest BCUT2D eigenvalue weighted by molar-refractivity contribution is 7.91. The molecule has 2 N–H and O–H groups in total. The molecule has 0 aliphatic rings. The Morgan fingerprint density at radius 3 is 2.29 bits per heavy atom. The summed E-state index contributed by atoms with van der Waals surface area (Å²) in [7, 11) is -1.61. The molecule has 1 aromatic carbocycles. The Morgan fingerprint density at radius 1 is 1.12 bits per heavy atom. The van der Waals surface area contributed by atoms with Crippen molar-refractivity contribution in [2.75, 3.05) is 19.4 Å². The zero-order valence-corrected chi connectivity index (χ0v) is 10.9. The fourth-order valence-corrected chi connectivity index (χ4v) is 2.88. The molecule has 0 saturated heterocycles. The van der Waals surface area contributed by atoms with Crippen molar-refractivity contribution in [2.24, 2.45) is 5.73 Å². The number of unbranched alkanes of at least 4 members (excludes halogenated alkanes) is 2. The number of rotatable bonds is 7. The van der Waals surface area contributed by atoms with Gasteiger partial charge in [-0.25, -0.2) is 8.42 Å². The van der Waals surface area contributed by atoms with Crippen molar-refractivity contribution in [1.29, 1.82) is 0 Å². The molecule has 1 aromatic rings. The Kier molecular flexibility index (Phi) is 5.44. The summed E-state index contributed by atoms with van der Waals surface area (Å²) in [6, 6.07) is 6.48. The maximum atomic E-state index is 11.9. The number of methoxy groups -OCH3 is 1. The van der Waals surface area contributed by atoms with Gasteiger partial charge < -0.3 is 10.5 Å². The van der Waals surface area contributed by atoms with Crippen LogP contribution < -0.4 is 10.5 Å². The second kappa shape index (κ2) is 6.61. The summed E-state index contributed by atoms with van der Waals surface area (Å²) in [6.45, 7) is 0.614. The van der Waals surface area contributed by atoms with Gasteiger partial charge in [0.05, 0.1) is 17.8 Å². The Morgan fingerprint density at radius 2 is 1.76 bits per heavy atom. The van der Waals surface area contributed by atoms with Gasteiger partial charge in [-0.05, 0) is 43.7 Å². The number of sulfone groups is 1. The van der Waals surface area contributed by atoms with Gasteiger partial charge in [-0.15, -0.1) is 0 Å². The van der Waals surface area contributed by atoms with E-state index in [1.165, 1.54) is 0 Å². The van der Waals surface area contributed by atoms with Crippen molar-refractivity contribution in [3.63, 3.8) is 0 Å². The second-order valence-electron chi connectivity index (χ2n) is 3.84. The third kappa shape index (κ3) is 4.36. The molecule has 4 nitrogen and oxygen atoms in total. The first-order valence-corrected chi connectivity index (χ1v) is 7.32. The normalized spacial score (nSPS) is 11.4.